The highest BCUT2D eigenvalue weighted by atomic mass is 16.4. The molecule has 1 aromatic heterocycles. The number of aromatic carboxylic acids is 1. The van der Waals surface area contributed by atoms with Gasteiger partial charge in [0.1, 0.15) is 5.82 Å². The van der Waals surface area contributed by atoms with E-state index in [9.17, 15) is 9.90 Å². The monoisotopic (exact) mass is 244 g/mol. The Labute approximate surface area is 106 Å². The van der Waals surface area contributed by atoms with Gasteiger partial charge in [0.25, 0.3) is 0 Å². The molecule has 0 unspecified atom stereocenters. The molecule has 18 heavy (non-hydrogen) atoms. The Balaban J connectivity index is 2.43. The molecule has 0 aliphatic rings. The summed E-state index contributed by atoms with van der Waals surface area (Å²) < 4.78 is 1.74. The Kier molecular flexibility index (Phi) is 3.19. The van der Waals surface area contributed by atoms with Gasteiger partial charge in [-0.3, -0.25) is 0 Å². The zero-order chi connectivity index (χ0) is 13.3. The molecule has 1 aromatic carbocycles. The second-order valence-electron chi connectivity index (χ2n) is 4.47. The minimum Gasteiger partial charge on any atom is -0.477 e. The quantitative estimate of drug-likeness (QED) is 0.902. The largest absolute Gasteiger partial charge is 0.477 e. The fourth-order valence-electron chi connectivity index (χ4n) is 2.17. The van der Waals surface area contributed by atoms with Crippen molar-refractivity contribution in [2.75, 3.05) is 0 Å². The van der Waals surface area contributed by atoms with Crippen molar-refractivity contribution in [2.24, 2.45) is 0 Å². The molecule has 0 saturated carbocycles. The highest BCUT2D eigenvalue weighted by Crippen LogP contribution is 2.14. The molecule has 0 radical (unpaired) electrons. The second-order valence-corrected chi connectivity index (χ2v) is 4.47. The van der Waals surface area contributed by atoms with Crippen LogP contribution in [0.15, 0.2) is 24.3 Å². The van der Waals surface area contributed by atoms with Gasteiger partial charge in [0.05, 0.1) is 5.69 Å². The van der Waals surface area contributed by atoms with Gasteiger partial charge in [0, 0.05) is 6.54 Å². The third kappa shape index (κ3) is 2.27. The summed E-state index contributed by atoms with van der Waals surface area (Å²) in [5, 5.41) is 9.23. The van der Waals surface area contributed by atoms with Gasteiger partial charge in [-0.05, 0) is 26.3 Å². The van der Waals surface area contributed by atoms with E-state index in [0.717, 1.165) is 11.4 Å². The van der Waals surface area contributed by atoms with Crippen molar-refractivity contribution in [1.29, 1.82) is 0 Å². The third-order valence-corrected chi connectivity index (χ3v) is 2.96. The lowest BCUT2D eigenvalue weighted by atomic mass is 10.1. The van der Waals surface area contributed by atoms with Gasteiger partial charge in [0.2, 0.25) is 0 Å². The number of imidazole rings is 1. The topological polar surface area (TPSA) is 55.1 Å². The van der Waals surface area contributed by atoms with Crippen LogP contribution in [0.25, 0.3) is 0 Å². The van der Waals surface area contributed by atoms with Crippen LogP contribution in [0.5, 0.6) is 0 Å². The summed E-state index contributed by atoms with van der Waals surface area (Å²) in [5.41, 5.74) is 3.08. The molecule has 0 saturated heterocycles. The van der Waals surface area contributed by atoms with Gasteiger partial charge in [-0.15, -0.1) is 0 Å². The Hall–Kier alpha value is -2.10. The maximum absolute atomic E-state index is 11.3. The number of hydrogen-bond acceptors (Lipinski definition) is 2. The minimum atomic E-state index is -0.930. The van der Waals surface area contributed by atoms with E-state index in [1.165, 1.54) is 5.56 Å². The summed E-state index contributed by atoms with van der Waals surface area (Å²) in [6.45, 7) is 6.11. The van der Waals surface area contributed by atoms with E-state index in [1.807, 2.05) is 32.0 Å². The lowest BCUT2D eigenvalue weighted by Crippen LogP contribution is -2.12. The first-order valence-electron chi connectivity index (χ1n) is 5.81. The SMILES string of the molecule is Cc1cccc(Cn2c(C)nc(C)c2C(=O)O)c1. The normalized spacial score (nSPS) is 10.6. The summed E-state index contributed by atoms with van der Waals surface area (Å²) in [6, 6.07) is 8.05. The van der Waals surface area contributed by atoms with E-state index in [-0.39, 0.29) is 5.69 Å². The van der Waals surface area contributed by atoms with Gasteiger partial charge in [-0.2, -0.15) is 0 Å². The van der Waals surface area contributed by atoms with Crippen LogP contribution in [-0.2, 0) is 6.54 Å². The Morgan fingerprint density at radius 3 is 2.67 bits per heavy atom. The molecule has 1 heterocycles. The van der Waals surface area contributed by atoms with Crippen molar-refractivity contribution in [1.82, 2.24) is 9.55 Å². The Morgan fingerprint density at radius 1 is 1.33 bits per heavy atom. The molecule has 0 spiro atoms. The smallest absolute Gasteiger partial charge is 0.354 e. The molecule has 0 aliphatic heterocycles. The third-order valence-electron chi connectivity index (χ3n) is 2.96. The molecule has 2 rings (SSSR count). The standard InChI is InChI=1S/C14H16N2O2/c1-9-5-4-6-12(7-9)8-16-11(3)15-10(2)13(16)14(17)18/h4-7H,8H2,1-3H3,(H,17,18). The van der Waals surface area contributed by atoms with Crippen molar-refractivity contribution < 1.29 is 9.90 Å². The average molecular weight is 244 g/mol. The number of aromatic nitrogens is 2. The van der Waals surface area contributed by atoms with E-state index in [0.29, 0.717) is 12.2 Å². The van der Waals surface area contributed by atoms with E-state index in [4.69, 9.17) is 0 Å². The number of rotatable bonds is 3. The van der Waals surface area contributed by atoms with Gasteiger partial charge in [-0.25, -0.2) is 9.78 Å². The number of carbonyl (C=O) groups is 1. The molecule has 94 valence electrons. The van der Waals surface area contributed by atoms with E-state index < -0.39 is 5.97 Å². The fraction of sp³-hybridized carbons (Fsp3) is 0.286. The van der Waals surface area contributed by atoms with Crippen molar-refractivity contribution in [2.45, 2.75) is 27.3 Å². The van der Waals surface area contributed by atoms with Crippen molar-refractivity contribution in [3.05, 3.63) is 52.6 Å². The predicted octanol–water partition coefficient (Wildman–Crippen LogP) is 2.55. The first-order chi connectivity index (χ1) is 8.49. The Bertz CT molecular complexity index is 600. The number of carboxylic acid groups (broad SMARTS) is 1. The summed E-state index contributed by atoms with van der Waals surface area (Å²) in [7, 11) is 0. The van der Waals surface area contributed by atoms with Crippen LogP contribution in [0, 0.1) is 20.8 Å². The fourth-order valence-corrected chi connectivity index (χ4v) is 2.17. The van der Waals surface area contributed by atoms with Gasteiger partial charge in [-0.1, -0.05) is 29.8 Å². The molecule has 0 fully saturated rings. The maximum atomic E-state index is 11.3. The van der Waals surface area contributed by atoms with Gasteiger partial charge in [0.15, 0.2) is 5.69 Å². The molecule has 0 atom stereocenters. The van der Waals surface area contributed by atoms with Crippen molar-refractivity contribution >= 4 is 5.97 Å². The molecular formula is C14H16N2O2. The number of nitrogens with zero attached hydrogens (tertiary/aromatic N) is 2. The predicted molar refractivity (Wildman–Crippen MR) is 68.9 cm³/mol. The van der Waals surface area contributed by atoms with Crippen LogP contribution in [0.2, 0.25) is 0 Å². The summed E-state index contributed by atoms with van der Waals surface area (Å²) in [4.78, 5) is 15.5. The zero-order valence-corrected chi connectivity index (χ0v) is 10.8. The highest BCUT2D eigenvalue weighted by molar-refractivity contribution is 5.87. The second kappa shape index (κ2) is 4.64. The minimum absolute atomic E-state index is 0.272. The molecule has 2 aromatic rings. The maximum Gasteiger partial charge on any atom is 0.354 e. The molecule has 4 nitrogen and oxygen atoms in total. The van der Waals surface area contributed by atoms with Crippen LogP contribution in [0.4, 0.5) is 0 Å². The number of hydrogen-bond donors (Lipinski definition) is 1. The zero-order valence-electron chi connectivity index (χ0n) is 10.8. The van der Waals surface area contributed by atoms with Crippen LogP contribution in [0.3, 0.4) is 0 Å². The lowest BCUT2D eigenvalue weighted by molar-refractivity contribution is 0.0684. The summed E-state index contributed by atoms with van der Waals surface area (Å²) in [6.07, 6.45) is 0. The first-order valence-corrected chi connectivity index (χ1v) is 5.81. The van der Waals surface area contributed by atoms with Crippen LogP contribution < -0.4 is 0 Å². The summed E-state index contributed by atoms with van der Waals surface area (Å²) >= 11 is 0. The summed E-state index contributed by atoms with van der Waals surface area (Å²) in [5.74, 6) is -0.202. The van der Waals surface area contributed by atoms with E-state index in [1.54, 1.807) is 11.5 Å². The molecule has 0 amide bonds. The van der Waals surface area contributed by atoms with Crippen molar-refractivity contribution in [3.63, 3.8) is 0 Å². The molecule has 0 bridgehead atoms. The van der Waals surface area contributed by atoms with Crippen LogP contribution in [-0.4, -0.2) is 20.6 Å². The first kappa shape index (κ1) is 12.4. The number of carboxylic acids is 1. The number of aryl methyl sites for hydroxylation is 3. The van der Waals surface area contributed by atoms with Crippen molar-refractivity contribution in [3.8, 4) is 0 Å². The average Bonchev–Trinajstić information content (AvgIpc) is 2.53. The highest BCUT2D eigenvalue weighted by Gasteiger charge is 2.17. The molecule has 4 heteroatoms. The van der Waals surface area contributed by atoms with Gasteiger partial charge >= 0.3 is 5.97 Å². The molecule has 0 aliphatic carbocycles. The van der Waals surface area contributed by atoms with Crippen LogP contribution >= 0.6 is 0 Å². The van der Waals surface area contributed by atoms with E-state index >= 15 is 0 Å². The lowest BCUT2D eigenvalue weighted by Gasteiger charge is -2.09. The van der Waals surface area contributed by atoms with Crippen LogP contribution in [0.1, 0.15) is 33.1 Å². The van der Waals surface area contributed by atoms with E-state index in [2.05, 4.69) is 11.1 Å². The molecular weight excluding hydrogens is 228 g/mol. The van der Waals surface area contributed by atoms with Gasteiger partial charge < -0.3 is 9.67 Å². The number of benzene rings is 1. The Morgan fingerprint density at radius 2 is 2.06 bits per heavy atom. The molecule has 1 N–H and O–H groups in total.